The van der Waals surface area contributed by atoms with Crippen LogP contribution >= 0.6 is 0 Å². The quantitative estimate of drug-likeness (QED) is 0.173. The molecule has 2 saturated heterocycles. The minimum absolute atomic E-state index is 0.256. The number of hydrogen-bond acceptors (Lipinski definition) is 10. The number of pyridine rings is 1. The van der Waals surface area contributed by atoms with Crippen molar-refractivity contribution in [3.8, 4) is 28.7 Å². The van der Waals surface area contributed by atoms with Gasteiger partial charge < -0.3 is 14.8 Å². The highest BCUT2D eigenvalue weighted by atomic mass is 16.3. The lowest BCUT2D eigenvalue weighted by Gasteiger charge is -2.17. The minimum Gasteiger partial charge on any atom is -0.435 e. The molecule has 0 saturated carbocycles. The van der Waals surface area contributed by atoms with Gasteiger partial charge in [0.2, 0.25) is 5.89 Å². The monoisotopic (exact) mass is 664 g/mol. The van der Waals surface area contributed by atoms with E-state index in [1.807, 2.05) is 36.5 Å². The third-order valence-corrected chi connectivity index (χ3v) is 10.2. The number of anilines is 2. The number of nitrogens with one attached hydrogen (secondary N) is 1. The summed E-state index contributed by atoms with van der Waals surface area (Å²) in [4.78, 5) is 23.4. The lowest BCUT2D eigenvalue weighted by atomic mass is 9.93. The van der Waals surface area contributed by atoms with Crippen molar-refractivity contribution in [2.75, 3.05) is 31.5 Å². The van der Waals surface area contributed by atoms with Crippen molar-refractivity contribution in [2.45, 2.75) is 52.8 Å². The summed E-state index contributed by atoms with van der Waals surface area (Å²) in [7, 11) is 0. The Hall–Kier alpha value is -5.21. The fourth-order valence-electron chi connectivity index (χ4n) is 7.54. The van der Waals surface area contributed by atoms with Gasteiger partial charge in [-0.15, -0.1) is 0 Å². The summed E-state index contributed by atoms with van der Waals surface area (Å²) in [6.07, 6.45) is 5.20. The van der Waals surface area contributed by atoms with Gasteiger partial charge in [-0.05, 0) is 103 Å². The van der Waals surface area contributed by atoms with Crippen molar-refractivity contribution in [2.24, 2.45) is 5.92 Å². The molecule has 2 N–H and O–H groups in total. The number of aromatic nitrogens is 4. The molecule has 2 atom stereocenters. The molecule has 0 unspecified atom stereocenters. The Kier molecular flexibility index (Phi) is 8.49. The number of benzene rings is 3. The average molecular weight is 665 g/mol. The van der Waals surface area contributed by atoms with Crippen molar-refractivity contribution in [1.82, 2.24) is 29.7 Å². The van der Waals surface area contributed by atoms with Gasteiger partial charge in [0, 0.05) is 50.2 Å². The second-order valence-electron chi connectivity index (χ2n) is 13.9. The molecule has 3 aromatic carbocycles. The second-order valence-corrected chi connectivity index (χ2v) is 13.9. The van der Waals surface area contributed by atoms with Crippen LogP contribution in [0.25, 0.3) is 44.7 Å². The predicted octanol–water partition coefficient (Wildman–Crippen LogP) is 7.14. The highest BCUT2D eigenvalue weighted by Gasteiger charge is 2.23. The van der Waals surface area contributed by atoms with E-state index in [1.165, 1.54) is 6.42 Å². The molecule has 0 aliphatic carbocycles. The summed E-state index contributed by atoms with van der Waals surface area (Å²) in [6.45, 7) is 11.7. The molecule has 2 aliphatic rings. The maximum atomic E-state index is 10.0. The Labute approximate surface area is 291 Å². The van der Waals surface area contributed by atoms with Crippen LogP contribution in [0.2, 0.25) is 0 Å². The van der Waals surface area contributed by atoms with E-state index >= 15 is 0 Å². The molecule has 5 heterocycles. The van der Waals surface area contributed by atoms with Crippen molar-refractivity contribution >= 4 is 33.6 Å². The summed E-state index contributed by atoms with van der Waals surface area (Å²) in [6, 6.07) is 20.8. The summed E-state index contributed by atoms with van der Waals surface area (Å²) >= 11 is 0. The van der Waals surface area contributed by atoms with Gasteiger partial charge in [-0.3, -0.25) is 14.8 Å². The van der Waals surface area contributed by atoms with Gasteiger partial charge in [-0.2, -0.15) is 5.26 Å². The largest absolute Gasteiger partial charge is 0.435 e. The van der Waals surface area contributed by atoms with Crippen LogP contribution in [0.4, 0.5) is 11.5 Å². The van der Waals surface area contributed by atoms with Gasteiger partial charge in [0.25, 0.3) is 0 Å². The molecule has 10 nitrogen and oxygen atoms in total. The molecule has 2 fully saturated rings. The van der Waals surface area contributed by atoms with Gasteiger partial charge in [-0.25, -0.2) is 15.0 Å². The van der Waals surface area contributed by atoms with Gasteiger partial charge >= 0.3 is 0 Å². The van der Waals surface area contributed by atoms with Crippen LogP contribution in [-0.4, -0.2) is 67.1 Å². The van der Waals surface area contributed by atoms with Crippen molar-refractivity contribution in [3.63, 3.8) is 0 Å². The second kappa shape index (κ2) is 13.2. The Balaban J connectivity index is 1.08. The normalized spacial score (nSPS) is 18.3. The molecule has 0 bridgehead atoms. The zero-order chi connectivity index (χ0) is 34.4. The van der Waals surface area contributed by atoms with E-state index in [-0.39, 0.29) is 6.10 Å². The highest BCUT2D eigenvalue weighted by Crippen LogP contribution is 2.38. The van der Waals surface area contributed by atoms with Crippen LogP contribution in [0.1, 0.15) is 47.6 Å². The Morgan fingerprint density at radius 1 is 0.880 bits per heavy atom. The lowest BCUT2D eigenvalue weighted by Crippen LogP contribution is -2.21. The van der Waals surface area contributed by atoms with Crippen LogP contribution in [0.5, 0.6) is 0 Å². The molecule has 6 aromatic rings. The Bertz CT molecular complexity index is 2270. The molecule has 10 heteroatoms. The predicted molar refractivity (Wildman–Crippen MR) is 195 cm³/mol. The van der Waals surface area contributed by atoms with E-state index < -0.39 is 0 Å². The average Bonchev–Trinajstić information content (AvgIpc) is 3.85. The summed E-state index contributed by atoms with van der Waals surface area (Å²) in [5, 5.41) is 23.4. The van der Waals surface area contributed by atoms with E-state index in [0.717, 1.165) is 89.3 Å². The SMILES string of the molecule is Cc1c(Nc2ncnc3cc(CN4CC[C@@H](O)C4)cnc23)cccc1-c1cccc(-c2nc3cc(CN4CC[C@@H](C)C4)cc(C#N)c3o2)c1C. The molecule has 50 heavy (non-hydrogen) atoms. The van der Waals surface area contributed by atoms with Crippen LogP contribution in [0.3, 0.4) is 0 Å². The van der Waals surface area contributed by atoms with Crippen LogP contribution < -0.4 is 5.32 Å². The first-order valence-electron chi connectivity index (χ1n) is 17.4. The molecule has 0 radical (unpaired) electrons. The van der Waals surface area contributed by atoms with Crippen molar-refractivity contribution in [3.05, 3.63) is 94.9 Å². The molecule has 3 aromatic heterocycles. The van der Waals surface area contributed by atoms with Gasteiger partial charge in [0.1, 0.15) is 23.4 Å². The number of aliphatic hydroxyl groups excluding tert-OH is 1. The number of fused-ring (bicyclic) bond motifs is 2. The number of likely N-dealkylation sites (tertiary alicyclic amines) is 2. The summed E-state index contributed by atoms with van der Waals surface area (Å²) in [5.41, 5.74) is 11.4. The molecule has 8 rings (SSSR count). The number of hydrogen-bond donors (Lipinski definition) is 2. The number of nitrogens with zero attached hydrogens (tertiary/aromatic N) is 7. The van der Waals surface area contributed by atoms with Crippen molar-refractivity contribution < 1.29 is 9.52 Å². The third kappa shape index (κ3) is 6.20. The minimum atomic E-state index is -0.256. The number of oxazole rings is 1. The molecule has 2 aliphatic heterocycles. The van der Waals surface area contributed by atoms with Crippen LogP contribution in [0.15, 0.2) is 71.5 Å². The van der Waals surface area contributed by atoms with E-state index in [0.29, 0.717) is 46.4 Å². The molecular formula is C40H40N8O2. The molecular weight excluding hydrogens is 624 g/mol. The fourth-order valence-corrected chi connectivity index (χ4v) is 7.54. The first kappa shape index (κ1) is 32.0. The Morgan fingerprint density at radius 3 is 2.40 bits per heavy atom. The van der Waals surface area contributed by atoms with Crippen LogP contribution in [-0.2, 0) is 13.1 Å². The lowest BCUT2D eigenvalue weighted by molar-refractivity contribution is 0.175. The van der Waals surface area contributed by atoms with Crippen LogP contribution in [0, 0.1) is 31.1 Å². The highest BCUT2D eigenvalue weighted by molar-refractivity contribution is 5.89. The zero-order valence-corrected chi connectivity index (χ0v) is 28.6. The third-order valence-electron chi connectivity index (χ3n) is 10.2. The fraction of sp³-hybridized carbons (Fsp3) is 0.325. The van der Waals surface area contributed by atoms with E-state index in [9.17, 15) is 10.4 Å². The zero-order valence-electron chi connectivity index (χ0n) is 28.6. The van der Waals surface area contributed by atoms with Gasteiger partial charge in [-0.1, -0.05) is 31.2 Å². The first-order chi connectivity index (χ1) is 24.3. The maximum Gasteiger partial charge on any atom is 0.227 e. The number of β-amino-alcohol motifs (C(OH)–C–C–N with tert-alkyl or cyclic N) is 1. The number of nitriles is 1. The topological polar surface area (TPSA) is 127 Å². The summed E-state index contributed by atoms with van der Waals surface area (Å²) < 4.78 is 6.32. The standard InChI is InChI=1S/C40H40N8O2/c1-24-10-12-47(19-24)20-27-14-29(17-41)38-36(15-27)46-40(50-38)33-8-4-6-31(25(33)2)32-7-5-9-34(26(32)3)45-39-37-35(43-23-44-39)16-28(18-42-37)21-48-13-11-30(49)22-48/h4-9,14-16,18,23-24,30,49H,10-13,19-22H2,1-3H3,(H,43,44,45)/t24-,30-/m1/s1. The number of rotatable bonds is 8. The molecule has 252 valence electrons. The smallest absolute Gasteiger partial charge is 0.227 e. The molecule has 0 amide bonds. The Morgan fingerprint density at radius 2 is 1.62 bits per heavy atom. The summed E-state index contributed by atoms with van der Waals surface area (Å²) in [5.74, 6) is 1.85. The van der Waals surface area contributed by atoms with E-state index in [2.05, 4.69) is 76.2 Å². The van der Waals surface area contributed by atoms with Gasteiger partial charge in [0.05, 0.1) is 17.2 Å². The van der Waals surface area contributed by atoms with Gasteiger partial charge in [0.15, 0.2) is 11.4 Å². The number of aliphatic hydroxyl groups is 1. The molecule has 0 spiro atoms. The van der Waals surface area contributed by atoms with E-state index in [1.54, 1.807) is 6.33 Å². The first-order valence-corrected chi connectivity index (χ1v) is 17.4. The van der Waals surface area contributed by atoms with E-state index in [4.69, 9.17) is 14.4 Å². The maximum absolute atomic E-state index is 10.0. The van der Waals surface area contributed by atoms with Crippen molar-refractivity contribution in [1.29, 1.82) is 5.26 Å².